The molecule has 2 aromatic heterocycles. The number of rotatable bonds is 9. The van der Waals surface area contributed by atoms with Crippen LogP contribution in [0.1, 0.15) is 54.2 Å². The van der Waals surface area contributed by atoms with Crippen LogP contribution in [0.25, 0.3) is 11.2 Å². The second-order valence-corrected chi connectivity index (χ2v) is 11.8. The number of fused-ring (bicyclic) bond motifs is 1. The van der Waals surface area contributed by atoms with Gasteiger partial charge < -0.3 is 24.8 Å². The van der Waals surface area contributed by atoms with Crippen molar-refractivity contribution in [2.24, 2.45) is 5.41 Å². The van der Waals surface area contributed by atoms with Gasteiger partial charge in [-0.2, -0.15) is 0 Å². The van der Waals surface area contributed by atoms with E-state index in [2.05, 4.69) is 15.0 Å². The topological polar surface area (TPSA) is 153 Å². The quantitative estimate of drug-likeness (QED) is 0.385. The summed E-state index contributed by atoms with van der Waals surface area (Å²) in [5.41, 5.74) is 5.75. The molecule has 13 heteroatoms. The van der Waals surface area contributed by atoms with Gasteiger partial charge in [0.05, 0.1) is 31.2 Å². The van der Waals surface area contributed by atoms with Gasteiger partial charge in [0.1, 0.15) is 24.1 Å². The molecule has 3 N–H and O–H groups in total. The lowest BCUT2D eigenvalue weighted by Crippen LogP contribution is -2.38. The van der Waals surface area contributed by atoms with Crippen LogP contribution in [0.2, 0.25) is 0 Å². The van der Waals surface area contributed by atoms with Gasteiger partial charge in [0, 0.05) is 7.11 Å². The monoisotopic (exact) mass is 501 g/mol. The Morgan fingerprint density at radius 1 is 1.15 bits per heavy atom. The van der Waals surface area contributed by atoms with Gasteiger partial charge >= 0.3 is 7.82 Å². The fraction of sp³-hybridized carbons (Fsp3) is 0.762. The number of nitrogens with zero attached hydrogens (tertiary/aromatic N) is 4. The third-order valence-corrected chi connectivity index (χ3v) is 6.29. The first-order valence-electron chi connectivity index (χ1n) is 11.1. The van der Waals surface area contributed by atoms with Gasteiger partial charge in [0.2, 0.25) is 0 Å². The second-order valence-electron chi connectivity index (χ2n) is 10.5. The van der Waals surface area contributed by atoms with Crippen LogP contribution in [0.5, 0.6) is 0 Å². The number of phosphoric acid groups is 1. The Bertz CT molecular complexity index is 1020. The lowest BCUT2D eigenvalue weighted by molar-refractivity contribution is -0.0785. The highest BCUT2D eigenvalue weighted by molar-refractivity contribution is 7.47. The highest BCUT2D eigenvalue weighted by Gasteiger charge is 2.52. The molecule has 1 fully saturated rings. The number of nitrogen functional groups attached to an aromatic ring is 1. The largest absolute Gasteiger partial charge is 0.473 e. The number of methoxy groups -OCH3 is 1. The molecule has 0 aromatic carbocycles. The van der Waals surface area contributed by atoms with Crippen LogP contribution < -0.4 is 5.73 Å². The van der Waals surface area contributed by atoms with Gasteiger partial charge in [0.25, 0.3) is 0 Å². The van der Waals surface area contributed by atoms with E-state index < -0.39 is 38.0 Å². The summed E-state index contributed by atoms with van der Waals surface area (Å²) in [5, 5.41) is 0. The molecule has 1 saturated heterocycles. The highest BCUT2D eigenvalue weighted by Crippen LogP contribution is 2.52. The average molecular weight is 502 g/mol. The fourth-order valence-electron chi connectivity index (χ4n) is 3.85. The molecule has 0 radical (unpaired) electrons. The minimum atomic E-state index is -4.46. The van der Waals surface area contributed by atoms with E-state index in [4.69, 9.17) is 29.0 Å². The lowest BCUT2D eigenvalue weighted by Gasteiger charge is -2.31. The molecule has 34 heavy (non-hydrogen) atoms. The van der Waals surface area contributed by atoms with Gasteiger partial charge in [-0.05, 0) is 32.6 Å². The Balaban J connectivity index is 2.02. The molecule has 0 saturated carbocycles. The summed E-state index contributed by atoms with van der Waals surface area (Å²) in [7, 11) is -2.90. The Hall–Kier alpha value is -1.66. The zero-order chi connectivity index (χ0) is 25.3. The van der Waals surface area contributed by atoms with Crippen molar-refractivity contribution in [3.63, 3.8) is 0 Å². The molecule has 3 rings (SSSR count). The summed E-state index contributed by atoms with van der Waals surface area (Å²) in [4.78, 5) is 23.2. The molecule has 2 aromatic rings. The van der Waals surface area contributed by atoms with E-state index in [0.29, 0.717) is 24.2 Å². The van der Waals surface area contributed by atoms with Crippen molar-refractivity contribution in [2.45, 2.75) is 78.1 Å². The van der Waals surface area contributed by atoms with Gasteiger partial charge in [-0.3, -0.25) is 13.6 Å². The first-order valence-corrected chi connectivity index (χ1v) is 12.6. The van der Waals surface area contributed by atoms with Crippen molar-refractivity contribution in [2.75, 3.05) is 26.1 Å². The number of aromatic nitrogens is 4. The Morgan fingerprint density at radius 2 is 1.85 bits per heavy atom. The van der Waals surface area contributed by atoms with Gasteiger partial charge in [-0.1, -0.05) is 20.8 Å². The predicted octanol–water partition coefficient (Wildman–Crippen LogP) is 3.07. The number of hydrogen-bond acceptors (Lipinski definition) is 10. The number of phosphoric ester groups is 1. The van der Waals surface area contributed by atoms with Crippen molar-refractivity contribution in [3.8, 4) is 0 Å². The van der Waals surface area contributed by atoms with Crippen LogP contribution in [0, 0.1) is 5.41 Å². The molecule has 1 aliphatic heterocycles. The molecular weight excluding hydrogens is 465 g/mol. The summed E-state index contributed by atoms with van der Waals surface area (Å²) in [6.07, 6.45) is 0.341. The minimum Gasteiger partial charge on any atom is -0.382 e. The molecule has 0 spiro atoms. The second kappa shape index (κ2) is 10.1. The van der Waals surface area contributed by atoms with Crippen molar-refractivity contribution in [1.82, 2.24) is 19.5 Å². The van der Waals surface area contributed by atoms with Gasteiger partial charge in [-0.25, -0.2) is 19.5 Å². The van der Waals surface area contributed by atoms with Crippen LogP contribution in [0.4, 0.5) is 5.82 Å². The molecule has 192 valence electrons. The summed E-state index contributed by atoms with van der Waals surface area (Å²) in [6.45, 7) is 11.7. The van der Waals surface area contributed by atoms with Crippen LogP contribution >= 0.6 is 7.82 Å². The third kappa shape index (κ3) is 6.72. The highest BCUT2D eigenvalue weighted by atomic mass is 31.2. The van der Waals surface area contributed by atoms with E-state index in [1.807, 2.05) is 20.8 Å². The number of nitrogens with two attached hydrogens (primary N) is 1. The zero-order valence-corrected chi connectivity index (χ0v) is 21.7. The van der Waals surface area contributed by atoms with Crippen LogP contribution in [0.3, 0.4) is 0 Å². The van der Waals surface area contributed by atoms with Crippen molar-refractivity contribution in [3.05, 3.63) is 12.7 Å². The van der Waals surface area contributed by atoms with Crippen LogP contribution in [-0.4, -0.2) is 68.6 Å². The summed E-state index contributed by atoms with van der Waals surface area (Å²) in [5.74, 6) is 0.232. The SMILES string of the molecule is COCCO[C@@H]1[C@H](OP(=O)(O)OC(C)(C)C)[C@@H](CC(C)(C)C)O[C@H]1n1cnc2c(N)ncnc21. The molecule has 3 heterocycles. The number of ether oxygens (including phenoxy) is 3. The zero-order valence-electron chi connectivity index (χ0n) is 20.8. The third-order valence-electron chi connectivity index (χ3n) is 5.00. The predicted molar refractivity (Wildman–Crippen MR) is 125 cm³/mol. The Kier molecular flexibility index (Phi) is 8.03. The molecule has 12 nitrogen and oxygen atoms in total. The van der Waals surface area contributed by atoms with Gasteiger partial charge in [-0.15, -0.1) is 0 Å². The summed E-state index contributed by atoms with van der Waals surface area (Å²) >= 11 is 0. The molecule has 0 amide bonds. The van der Waals surface area contributed by atoms with Crippen LogP contribution in [0.15, 0.2) is 12.7 Å². The molecule has 5 atom stereocenters. The maximum atomic E-state index is 12.9. The van der Waals surface area contributed by atoms with Crippen molar-refractivity contribution >= 4 is 24.8 Å². The maximum Gasteiger partial charge on any atom is 0.473 e. The van der Waals surface area contributed by atoms with Crippen molar-refractivity contribution in [1.29, 1.82) is 0 Å². The van der Waals surface area contributed by atoms with Gasteiger partial charge in [0.15, 0.2) is 17.7 Å². The van der Waals surface area contributed by atoms with E-state index in [-0.39, 0.29) is 17.8 Å². The normalized spacial score (nSPS) is 25.6. The minimum absolute atomic E-state index is 0.174. The van der Waals surface area contributed by atoms with Crippen molar-refractivity contribution < 1.29 is 32.7 Å². The molecule has 0 bridgehead atoms. The molecule has 1 unspecified atom stereocenters. The fourth-order valence-corrected chi connectivity index (χ4v) is 5.15. The van der Waals surface area contributed by atoms with E-state index >= 15 is 0 Å². The maximum absolute atomic E-state index is 12.9. The first kappa shape index (κ1) is 26.9. The van der Waals surface area contributed by atoms with E-state index in [1.165, 1.54) is 12.7 Å². The van der Waals surface area contributed by atoms with Crippen LogP contribution in [-0.2, 0) is 27.8 Å². The molecular formula is C21H36N5O7P. The summed E-state index contributed by atoms with van der Waals surface area (Å²) in [6, 6.07) is 0. The average Bonchev–Trinajstić information content (AvgIpc) is 3.22. The van der Waals surface area contributed by atoms with E-state index in [0.717, 1.165) is 0 Å². The standard InChI is InChI=1S/C21H36N5O7P/c1-20(2,3)10-13-15(32-34(27,28)33-21(4,5)6)16(30-9-8-29-7)19(31-13)26-12-25-14-17(22)23-11-24-18(14)26/h11-13,15-16,19H,8-10H2,1-7H3,(H,27,28)(H2,22,23,24)/t13-,15-,16-,19-/m1/s1. The van der Waals surface area contributed by atoms with E-state index in [9.17, 15) is 9.46 Å². The molecule has 0 aliphatic carbocycles. The number of imidazole rings is 1. The Morgan fingerprint density at radius 3 is 2.47 bits per heavy atom. The first-order chi connectivity index (χ1) is 15.7. The lowest BCUT2D eigenvalue weighted by atomic mass is 9.87. The number of hydrogen-bond donors (Lipinski definition) is 2. The summed E-state index contributed by atoms with van der Waals surface area (Å²) < 4.78 is 43.4. The van der Waals surface area contributed by atoms with E-state index in [1.54, 1.807) is 32.4 Å². The Labute approximate surface area is 199 Å². The smallest absolute Gasteiger partial charge is 0.382 e. The molecule has 1 aliphatic rings. The number of anilines is 1.